The highest BCUT2D eigenvalue weighted by Gasteiger charge is 2.05. The number of methoxy groups -OCH3 is 1. The van der Waals surface area contributed by atoms with E-state index in [0.29, 0.717) is 12.2 Å². The third kappa shape index (κ3) is 3.26. The molecule has 0 aliphatic carbocycles. The normalized spacial score (nSPS) is 9.74. The third-order valence-corrected chi connectivity index (χ3v) is 2.82. The summed E-state index contributed by atoms with van der Waals surface area (Å²) in [6.07, 6.45) is 0. The Morgan fingerprint density at radius 2 is 1.84 bits per heavy atom. The molecule has 0 N–H and O–H groups in total. The van der Waals surface area contributed by atoms with Crippen molar-refractivity contribution < 1.29 is 9.47 Å². The van der Waals surface area contributed by atoms with Crippen LogP contribution in [0.15, 0.2) is 42.5 Å². The van der Waals surface area contributed by atoms with Crippen molar-refractivity contribution in [2.45, 2.75) is 13.5 Å². The fourth-order valence-corrected chi connectivity index (χ4v) is 1.76. The molecule has 0 saturated carbocycles. The molecule has 0 fully saturated rings. The first-order valence-electron chi connectivity index (χ1n) is 5.99. The van der Waals surface area contributed by atoms with Gasteiger partial charge in [-0.05, 0) is 37.3 Å². The van der Waals surface area contributed by atoms with Gasteiger partial charge in [-0.1, -0.05) is 17.7 Å². The fourth-order valence-electron chi connectivity index (χ4n) is 1.76. The van der Waals surface area contributed by atoms with E-state index in [1.54, 1.807) is 25.3 Å². The molecular weight excluding hydrogens is 238 g/mol. The van der Waals surface area contributed by atoms with Crippen LogP contribution in [0.1, 0.15) is 16.7 Å². The second-order valence-corrected chi connectivity index (χ2v) is 4.24. The largest absolute Gasteiger partial charge is 0.496 e. The molecule has 0 aliphatic heterocycles. The number of benzene rings is 2. The number of aryl methyl sites for hydroxylation is 1. The smallest absolute Gasteiger partial charge is 0.125 e. The van der Waals surface area contributed by atoms with Crippen LogP contribution < -0.4 is 9.47 Å². The van der Waals surface area contributed by atoms with E-state index in [2.05, 4.69) is 6.07 Å². The molecule has 0 unspecified atom stereocenters. The number of hydrogen-bond donors (Lipinski definition) is 0. The van der Waals surface area contributed by atoms with E-state index in [4.69, 9.17) is 14.7 Å². The summed E-state index contributed by atoms with van der Waals surface area (Å²) in [6, 6.07) is 15.3. The second-order valence-electron chi connectivity index (χ2n) is 4.24. The van der Waals surface area contributed by atoms with Crippen LogP contribution in [0.25, 0.3) is 0 Å². The topological polar surface area (TPSA) is 42.2 Å². The highest BCUT2D eigenvalue weighted by Crippen LogP contribution is 2.22. The van der Waals surface area contributed by atoms with Gasteiger partial charge < -0.3 is 9.47 Å². The van der Waals surface area contributed by atoms with Crippen LogP contribution >= 0.6 is 0 Å². The Hall–Kier alpha value is -2.47. The van der Waals surface area contributed by atoms with Crippen LogP contribution in [0, 0.1) is 18.3 Å². The molecule has 0 spiro atoms. The lowest BCUT2D eigenvalue weighted by molar-refractivity contribution is 0.296. The van der Waals surface area contributed by atoms with Crippen LogP contribution in [-0.4, -0.2) is 7.11 Å². The van der Waals surface area contributed by atoms with E-state index in [9.17, 15) is 0 Å². The molecule has 0 aliphatic rings. The maximum absolute atomic E-state index is 8.91. The predicted molar refractivity (Wildman–Crippen MR) is 73.2 cm³/mol. The van der Waals surface area contributed by atoms with Crippen molar-refractivity contribution in [3.8, 4) is 17.6 Å². The molecule has 2 aromatic carbocycles. The molecule has 2 rings (SSSR count). The van der Waals surface area contributed by atoms with Gasteiger partial charge in [-0.2, -0.15) is 5.26 Å². The first-order valence-corrected chi connectivity index (χ1v) is 5.99. The summed E-state index contributed by atoms with van der Waals surface area (Å²) in [5, 5.41) is 8.91. The minimum atomic E-state index is 0.377. The SMILES string of the molecule is COc1ccc(C#N)cc1COc1ccc(C)cc1. The highest BCUT2D eigenvalue weighted by molar-refractivity contribution is 5.42. The predicted octanol–water partition coefficient (Wildman–Crippen LogP) is 3.45. The van der Waals surface area contributed by atoms with Gasteiger partial charge in [-0.3, -0.25) is 0 Å². The van der Waals surface area contributed by atoms with Crippen LogP contribution in [0.3, 0.4) is 0 Å². The molecule has 3 heteroatoms. The van der Waals surface area contributed by atoms with E-state index >= 15 is 0 Å². The molecular formula is C16H15NO2. The van der Waals surface area contributed by atoms with Crippen molar-refractivity contribution in [2.75, 3.05) is 7.11 Å². The lowest BCUT2D eigenvalue weighted by Gasteiger charge is -2.10. The number of nitriles is 1. The van der Waals surface area contributed by atoms with Crippen LogP contribution in [0.2, 0.25) is 0 Å². The first-order chi connectivity index (χ1) is 9.22. The molecule has 0 saturated heterocycles. The maximum atomic E-state index is 8.91. The Kier molecular flexibility index (Phi) is 4.04. The highest BCUT2D eigenvalue weighted by atomic mass is 16.5. The molecule has 0 atom stereocenters. The number of hydrogen-bond acceptors (Lipinski definition) is 3. The Balaban J connectivity index is 2.14. The van der Waals surface area contributed by atoms with Gasteiger partial charge in [0.25, 0.3) is 0 Å². The molecule has 19 heavy (non-hydrogen) atoms. The minimum absolute atomic E-state index is 0.377. The van der Waals surface area contributed by atoms with E-state index in [-0.39, 0.29) is 0 Å². The average molecular weight is 253 g/mol. The van der Waals surface area contributed by atoms with E-state index in [0.717, 1.165) is 17.1 Å². The summed E-state index contributed by atoms with van der Waals surface area (Å²) in [4.78, 5) is 0. The molecule has 0 radical (unpaired) electrons. The maximum Gasteiger partial charge on any atom is 0.125 e. The molecule has 0 bridgehead atoms. The summed E-state index contributed by atoms with van der Waals surface area (Å²) < 4.78 is 11.0. The molecule has 0 amide bonds. The van der Waals surface area contributed by atoms with Gasteiger partial charge in [0.05, 0.1) is 18.7 Å². The monoisotopic (exact) mass is 253 g/mol. The van der Waals surface area contributed by atoms with Crippen molar-refractivity contribution in [2.24, 2.45) is 0 Å². The van der Waals surface area contributed by atoms with Crippen molar-refractivity contribution in [3.05, 3.63) is 59.2 Å². The number of ether oxygens (including phenoxy) is 2. The lowest BCUT2D eigenvalue weighted by atomic mass is 10.1. The van der Waals surface area contributed by atoms with Gasteiger partial charge in [0.2, 0.25) is 0 Å². The molecule has 0 aromatic heterocycles. The van der Waals surface area contributed by atoms with Crippen molar-refractivity contribution >= 4 is 0 Å². The zero-order valence-corrected chi connectivity index (χ0v) is 11.0. The summed E-state index contributed by atoms with van der Waals surface area (Å²) in [7, 11) is 1.61. The first kappa shape index (κ1) is 13.0. The van der Waals surface area contributed by atoms with Gasteiger partial charge in [0, 0.05) is 5.56 Å². The Bertz CT molecular complexity index is 597. The number of nitrogens with zero attached hydrogens (tertiary/aromatic N) is 1. The van der Waals surface area contributed by atoms with E-state index < -0.39 is 0 Å². The molecule has 3 nitrogen and oxygen atoms in total. The average Bonchev–Trinajstić information content (AvgIpc) is 2.46. The van der Waals surface area contributed by atoms with Crippen molar-refractivity contribution in [1.82, 2.24) is 0 Å². The van der Waals surface area contributed by atoms with Gasteiger partial charge in [-0.25, -0.2) is 0 Å². The lowest BCUT2D eigenvalue weighted by Crippen LogP contribution is -1.99. The van der Waals surface area contributed by atoms with Crippen molar-refractivity contribution in [1.29, 1.82) is 5.26 Å². The molecule has 0 heterocycles. The fraction of sp³-hybridized carbons (Fsp3) is 0.188. The van der Waals surface area contributed by atoms with Crippen LogP contribution in [0.4, 0.5) is 0 Å². The third-order valence-electron chi connectivity index (χ3n) is 2.82. The van der Waals surface area contributed by atoms with Crippen molar-refractivity contribution in [3.63, 3.8) is 0 Å². The van der Waals surface area contributed by atoms with Crippen LogP contribution in [-0.2, 0) is 6.61 Å². The summed E-state index contributed by atoms with van der Waals surface area (Å²) in [5.41, 5.74) is 2.65. The van der Waals surface area contributed by atoms with Gasteiger partial charge in [-0.15, -0.1) is 0 Å². The summed E-state index contributed by atoms with van der Waals surface area (Å²) in [6.45, 7) is 2.41. The van der Waals surface area contributed by atoms with E-state index in [1.165, 1.54) is 5.56 Å². The Morgan fingerprint density at radius 3 is 2.47 bits per heavy atom. The number of rotatable bonds is 4. The Morgan fingerprint density at radius 1 is 1.11 bits per heavy atom. The Labute approximate surface area is 113 Å². The van der Waals surface area contributed by atoms with Gasteiger partial charge >= 0.3 is 0 Å². The van der Waals surface area contributed by atoms with Crippen LogP contribution in [0.5, 0.6) is 11.5 Å². The molecule has 96 valence electrons. The van der Waals surface area contributed by atoms with E-state index in [1.807, 2.05) is 31.2 Å². The summed E-state index contributed by atoms with van der Waals surface area (Å²) >= 11 is 0. The second kappa shape index (κ2) is 5.92. The van der Waals surface area contributed by atoms with Gasteiger partial charge in [0.1, 0.15) is 18.1 Å². The van der Waals surface area contributed by atoms with Gasteiger partial charge in [0.15, 0.2) is 0 Å². The standard InChI is InChI=1S/C16H15NO2/c1-12-3-6-15(7-4-12)19-11-14-9-13(10-17)5-8-16(14)18-2/h3-9H,11H2,1-2H3. The zero-order valence-electron chi connectivity index (χ0n) is 11.0. The summed E-state index contributed by atoms with van der Waals surface area (Å²) in [5.74, 6) is 1.53. The zero-order chi connectivity index (χ0) is 13.7. The quantitative estimate of drug-likeness (QED) is 0.838. The minimum Gasteiger partial charge on any atom is -0.496 e. The molecule has 2 aromatic rings.